The molecule has 0 saturated heterocycles. The second kappa shape index (κ2) is 3.82. The second-order valence-corrected chi connectivity index (χ2v) is 3.59. The molecule has 2 nitrogen and oxygen atoms in total. The molecule has 2 aliphatic rings. The quantitative estimate of drug-likeness (QED) is 0.492. The van der Waals surface area contributed by atoms with E-state index in [2.05, 4.69) is 18.2 Å². The first-order chi connectivity index (χ1) is 6.83. The average molecular weight is 190 g/mol. The number of hydrogen-bond donors (Lipinski definition) is 0. The minimum atomic E-state index is -0.101. The zero-order valence-corrected chi connectivity index (χ0v) is 8.22. The van der Waals surface area contributed by atoms with Gasteiger partial charge in [0, 0.05) is 11.8 Å². The van der Waals surface area contributed by atoms with E-state index in [0.29, 0.717) is 12.5 Å². The number of hydrogen-bond acceptors (Lipinski definition) is 2. The van der Waals surface area contributed by atoms with Crippen LogP contribution in [0.5, 0.6) is 0 Å². The molecule has 0 saturated carbocycles. The molecule has 0 spiro atoms. The van der Waals surface area contributed by atoms with Crippen LogP contribution in [-0.4, -0.2) is 12.6 Å². The van der Waals surface area contributed by atoms with Gasteiger partial charge in [-0.15, -0.1) is 0 Å². The maximum Gasteiger partial charge on any atom is 0.313 e. The Kier molecular flexibility index (Phi) is 2.53. The van der Waals surface area contributed by atoms with Crippen molar-refractivity contribution in [3.05, 3.63) is 36.5 Å². The molecular weight excluding hydrogens is 176 g/mol. The zero-order valence-electron chi connectivity index (χ0n) is 8.22. The van der Waals surface area contributed by atoms with Crippen LogP contribution in [0.4, 0.5) is 0 Å². The van der Waals surface area contributed by atoms with E-state index in [4.69, 9.17) is 4.74 Å². The Balaban J connectivity index is 2.09. The smallest absolute Gasteiger partial charge is 0.313 e. The van der Waals surface area contributed by atoms with E-state index in [9.17, 15) is 4.79 Å². The molecule has 0 amide bonds. The van der Waals surface area contributed by atoms with Crippen molar-refractivity contribution in [3.8, 4) is 0 Å². The van der Waals surface area contributed by atoms with Gasteiger partial charge in [-0.25, -0.2) is 0 Å². The molecule has 14 heavy (non-hydrogen) atoms. The molecular formula is C12H14O2. The molecule has 74 valence electrons. The number of allylic oxidation sites excluding steroid dienone is 5. The van der Waals surface area contributed by atoms with E-state index in [1.165, 1.54) is 0 Å². The summed E-state index contributed by atoms with van der Waals surface area (Å²) in [7, 11) is 0. The molecule has 3 atom stereocenters. The van der Waals surface area contributed by atoms with Crippen molar-refractivity contribution >= 4 is 5.97 Å². The van der Waals surface area contributed by atoms with Gasteiger partial charge in [-0.3, -0.25) is 4.79 Å². The van der Waals surface area contributed by atoms with Gasteiger partial charge in [-0.1, -0.05) is 36.5 Å². The Morgan fingerprint density at radius 3 is 2.79 bits per heavy atom. The summed E-state index contributed by atoms with van der Waals surface area (Å²) in [5.41, 5.74) is 0. The first-order valence-corrected chi connectivity index (χ1v) is 5.03. The van der Waals surface area contributed by atoms with E-state index in [0.717, 1.165) is 0 Å². The number of carbonyl (C=O) groups excluding carboxylic acids is 1. The van der Waals surface area contributed by atoms with Gasteiger partial charge in [-0.05, 0) is 6.92 Å². The van der Waals surface area contributed by atoms with Crippen LogP contribution in [0.3, 0.4) is 0 Å². The number of carbonyl (C=O) groups is 1. The minimum Gasteiger partial charge on any atom is -0.466 e. The maximum atomic E-state index is 11.6. The topological polar surface area (TPSA) is 26.3 Å². The summed E-state index contributed by atoms with van der Waals surface area (Å²) in [5, 5.41) is 0. The fraction of sp³-hybridized carbons (Fsp3) is 0.417. The van der Waals surface area contributed by atoms with Crippen LogP contribution in [0.25, 0.3) is 0 Å². The van der Waals surface area contributed by atoms with Crippen LogP contribution in [0.1, 0.15) is 6.92 Å². The van der Waals surface area contributed by atoms with Gasteiger partial charge in [-0.2, -0.15) is 0 Å². The molecule has 0 bridgehead atoms. The largest absolute Gasteiger partial charge is 0.466 e. The summed E-state index contributed by atoms with van der Waals surface area (Å²) in [6.45, 7) is 2.30. The van der Waals surface area contributed by atoms with Crippen LogP contribution < -0.4 is 0 Å². The summed E-state index contributed by atoms with van der Waals surface area (Å²) in [5.74, 6) is 0.478. The predicted molar refractivity (Wildman–Crippen MR) is 54.5 cm³/mol. The van der Waals surface area contributed by atoms with Crippen molar-refractivity contribution in [3.63, 3.8) is 0 Å². The molecule has 2 heteroatoms. The lowest BCUT2D eigenvalue weighted by Gasteiger charge is -2.20. The van der Waals surface area contributed by atoms with Gasteiger partial charge in [0.1, 0.15) is 0 Å². The fourth-order valence-corrected chi connectivity index (χ4v) is 2.04. The SMILES string of the molecule is CCOC(=O)C1C=CC2C=CC=CC21. The summed E-state index contributed by atoms with van der Waals surface area (Å²) >= 11 is 0. The number of esters is 1. The molecule has 0 aromatic heterocycles. The standard InChI is InChI=1S/C12H14O2/c1-2-14-12(13)11-8-7-9-5-3-4-6-10(9)11/h3-11H,2H2,1H3. The molecule has 0 aromatic rings. The number of fused-ring (bicyclic) bond motifs is 1. The Morgan fingerprint density at radius 2 is 2.00 bits per heavy atom. The lowest BCUT2D eigenvalue weighted by molar-refractivity contribution is -0.147. The number of ether oxygens (including phenoxy) is 1. The summed E-state index contributed by atoms with van der Waals surface area (Å²) < 4.78 is 5.03. The highest BCUT2D eigenvalue weighted by atomic mass is 16.5. The highest BCUT2D eigenvalue weighted by molar-refractivity contribution is 5.76. The molecule has 2 aliphatic carbocycles. The Labute approximate surface area is 83.9 Å². The third-order valence-electron chi connectivity index (χ3n) is 2.74. The van der Waals surface area contributed by atoms with Gasteiger partial charge in [0.2, 0.25) is 0 Å². The highest BCUT2D eigenvalue weighted by Gasteiger charge is 2.34. The number of rotatable bonds is 2. The Morgan fingerprint density at radius 1 is 1.21 bits per heavy atom. The van der Waals surface area contributed by atoms with E-state index in [1.54, 1.807) is 0 Å². The molecule has 0 radical (unpaired) electrons. The third kappa shape index (κ3) is 1.52. The van der Waals surface area contributed by atoms with E-state index >= 15 is 0 Å². The van der Waals surface area contributed by atoms with Crippen molar-refractivity contribution in [2.75, 3.05) is 6.61 Å². The first-order valence-electron chi connectivity index (χ1n) is 5.03. The molecule has 0 fully saturated rings. The van der Waals surface area contributed by atoms with Gasteiger partial charge < -0.3 is 4.74 Å². The van der Waals surface area contributed by atoms with Crippen molar-refractivity contribution in [2.45, 2.75) is 6.92 Å². The first kappa shape index (κ1) is 9.25. The van der Waals surface area contributed by atoms with Crippen molar-refractivity contribution in [1.82, 2.24) is 0 Å². The second-order valence-electron chi connectivity index (χ2n) is 3.59. The van der Waals surface area contributed by atoms with Gasteiger partial charge in [0.25, 0.3) is 0 Å². The molecule has 0 heterocycles. The van der Waals surface area contributed by atoms with E-state index in [-0.39, 0.29) is 17.8 Å². The predicted octanol–water partition coefficient (Wildman–Crippen LogP) is 2.09. The van der Waals surface area contributed by atoms with Crippen LogP contribution in [0, 0.1) is 17.8 Å². The van der Waals surface area contributed by atoms with Crippen LogP contribution in [0.15, 0.2) is 36.5 Å². The van der Waals surface area contributed by atoms with E-state index < -0.39 is 0 Å². The zero-order chi connectivity index (χ0) is 9.97. The summed E-state index contributed by atoms with van der Waals surface area (Å²) in [4.78, 5) is 11.6. The van der Waals surface area contributed by atoms with Crippen LogP contribution in [-0.2, 0) is 9.53 Å². The minimum absolute atomic E-state index is 0.0823. The molecule has 3 unspecified atom stereocenters. The molecule has 0 N–H and O–H groups in total. The van der Waals surface area contributed by atoms with Crippen molar-refractivity contribution in [1.29, 1.82) is 0 Å². The molecule has 0 aromatic carbocycles. The average Bonchev–Trinajstić information content (AvgIpc) is 2.61. The fourth-order valence-electron chi connectivity index (χ4n) is 2.04. The van der Waals surface area contributed by atoms with Crippen molar-refractivity contribution < 1.29 is 9.53 Å². The van der Waals surface area contributed by atoms with Crippen LogP contribution >= 0.6 is 0 Å². The van der Waals surface area contributed by atoms with Gasteiger partial charge in [0.05, 0.1) is 12.5 Å². The Hall–Kier alpha value is -1.31. The van der Waals surface area contributed by atoms with E-state index in [1.807, 2.05) is 25.2 Å². The monoisotopic (exact) mass is 190 g/mol. The lowest BCUT2D eigenvalue weighted by Crippen LogP contribution is -2.23. The summed E-state index contributed by atoms with van der Waals surface area (Å²) in [6, 6.07) is 0. The normalized spacial score (nSPS) is 33.1. The lowest BCUT2D eigenvalue weighted by atomic mass is 9.85. The highest BCUT2D eigenvalue weighted by Crippen LogP contribution is 2.35. The van der Waals surface area contributed by atoms with Gasteiger partial charge >= 0.3 is 5.97 Å². The summed E-state index contributed by atoms with van der Waals surface area (Å²) in [6.07, 6.45) is 12.3. The molecule has 0 aliphatic heterocycles. The Bertz CT molecular complexity index is 312. The molecule has 2 rings (SSSR count). The van der Waals surface area contributed by atoms with Crippen LogP contribution in [0.2, 0.25) is 0 Å². The van der Waals surface area contributed by atoms with Crippen molar-refractivity contribution in [2.24, 2.45) is 17.8 Å². The third-order valence-corrected chi connectivity index (χ3v) is 2.74. The maximum absolute atomic E-state index is 11.6. The van der Waals surface area contributed by atoms with Gasteiger partial charge in [0.15, 0.2) is 0 Å².